The average Bonchev–Trinajstić information content (AvgIpc) is 3.04. The number of aliphatic imine (C=N–C) groups is 2. The van der Waals surface area contributed by atoms with Crippen LogP contribution in [0.25, 0.3) is 5.57 Å². The summed E-state index contributed by atoms with van der Waals surface area (Å²) in [5.41, 5.74) is -0.271. The van der Waals surface area contributed by atoms with Crippen molar-refractivity contribution in [3.05, 3.63) is 40.3 Å². The number of halogens is 3. The van der Waals surface area contributed by atoms with Gasteiger partial charge in [-0.3, -0.25) is 9.59 Å². The third kappa shape index (κ3) is 3.03. The van der Waals surface area contributed by atoms with Crippen LogP contribution in [0.4, 0.5) is 4.39 Å². The maximum atomic E-state index is 14.6. The zero-order chi connectivity index (χ0) is 19.8. The number of carbonyl (C=O) groups is 2. The molecule has 11 heteroatoms. The van der Waals surface area contributed by atoms with E-state index in [4.69, 9.17) is 32.9 Å². The van der Waals surface area contributed by atoms with Crippen molar-refractivity contribution in [3.63, 3.8) is 0 Å². The van der Waals surface area contributed by atoms with E-state index in [1.807, 2.05) is 0 Å². The number of benzene rings is 1. The van der Waals surface area contributed by atoms with E-state index < -0.39 is 27.8 Å². The fraction of sp³-hybridized carbons (Fsp3) is 0.188. The predicted molar refractivity (Wildman–Crippen MR) is 96.4 cm³/mol. The maximum Gasteiger partial charge on any atom is 0.381 e. The number of allylic oxidation sites excluding steroid dienone is 1. The van der Waals surface area contributed by atoms with Crippen LogP contribution in [-0.2, 0) is 19.1 Å². The van der Waals surface area contributed by atoms with Crippen molar-refractivity contribution in [2.24, 2.45) is 21.0 Å². The molecule has 140 valence electrons. The smallest absolute Gasteiger partial charge is 0.381 e. The topological polar surface area (TPSA) is 89.7 Å². The van der Waals surface area contributed by atoms with Crippen molar-refractivity contribution < 1.29 is 27.6 Å². The Morgan fingerprint density at radius 1 is 1.22 bits per heavy atom. The van der Waals surface area contributed by atoms with Gasteiger partial charge in [-0.25, -0.2) is 4.39 Å². The highest BCUT2D eigenvalue weighted by molar-refractivity contribution is 6.35. The highest BCUT2D eigenvalue weighted by Gasteiger charge is 2.56. The first kappa shape index (κ1) is 19.2. The van der Waals surface area contributed by atoms with Crippen molar-refractivity contribution >= 4 is 59.4 Å². The summed E-state index contributed by atoms with van der Waals surface area (Å²) in [4.78, 5) is 32.8. The van der Waals surface area contributed by atoms with E-state index in [1.165, 1.54) is 24.4 Å². The van der Waals surface area contributed by atoms with Crippen molar-refractivity contribution in [1.29, 1.82) is 0 Å². The first-order valence-electron chi connectivity index (χ1n) is 7.45. The second kappa shape index (κ2) is 7.18. The summed E-state index contributed by atoms with van der Waals surface area (Å²) in [6, 6.07) is 4.02. The van der Waals surface area contributed by atoms with Gasteiger partial charge >= 0.3 is 17.9 Å². The van der Waals surface area contributed by atoms with Gasteiger partial charge in [0.15, 0.2) is 12.0 Å². The third-order valence-electron chi connectivity index (χ3n) is 3.93. The molecule has 0 spiro atoms. The number of hydrogen-bond acceptors (Lipinski definition) is 7. The molecule has 0 saturated heterocycles. The lowest BCUT2D eigenvalue weighted by Gasteiger charge is -2.27. The van der Waals surface area contributed by atoms with Gasteiger partial charge in [0.2, 0.25) is 17.7 Å². The minimum Gasteiger partial charge on any atom is -0.468 e. The lowest BCUT2D eigenvalue weighted by Crippen LogP contribution is -2.46. The van der Waals surface area contributed by atoms with Crippen molar-refractivity contribution in [2.75, 3.05) is 14.2 Å². The Kier molecular flexibility index (Phi) is 5.09. The van der Waals surface area contributed by atoms with E-state index in [9.17, 15) is 14.0 Å². The summed E-state index contributed by atoms with van der Waals surface area (Å²) in [5.74, 6) is -4.36. The fourth-order valence-electron chi connectivity index (χ4n) is 2.73. The Morgan fingerprint density at radius 2 is 1.89 bits per heavy atom. The second-order valence-electron chi connectivity index (χ2n) is 5.35. The summed E-state index contributed by atoms with van der Waals surface area (Å²) in [6.07, 6.45) is 2.32. The molecule has 1 aromatic rings. The number of esters is 2. The molecule has 1 unspecified atom stereocenters. The van der Waals surface area contributed by atoms with E-state index in [1.54, 1.807) is 0 Å². The molecule has 0 N–H and O–H groups in total. The monoisotopic (exact) mass is 413 g/mol. The molecule has 3 rings (SSSR count). The minimum absolute atomic E-state index is 0.00750. The molecule has 1 aromatic carbocycles. The molecule has 2 aliphatic rings. The number of fused-ring (bicyclic) bond motifs is 1. The van der Waals surface area contributed by atoms with Crippen LogP contribution in [0.2, 0.25) is 5.02 Å². The van der Waals surface area contributed by atoms with Crippen LogP contribution in [0, 0.1) is 11.7 Å². The molecule has 0 radical (unpaired) electrons. The van der Waals surface area contributed by atoms with Gasteiger partial charge in [-0.1, -0.05) is 17.7 Å². The number of methoxy groups -OCH3 is 2. The van der Waals surface area contributed by atoms with Gasteiger partial charge in [0.25, 0.3) is 0 Å². The van der Waals surface area contributed by atoms with Crippen LogP contribution in [0.15, 0.2) is 39.0 Å². The van der Waals surface area contributed by atoms with Gasteiger partial charge in [0, 0.05) is 11.8 Å². The lowest BCUT2D eigenvalue weighted by atomic mass is 9.94. The first-order chi connectivity index (χ1) is 12.8. The van der Waals surface area contributed by atoms with Gasteiger partial charge in [0.1, 0.15) is 5.82 Å². The second-order valence-corrected chi connectivity index (χ2v) is 6.25. The maximum absolute atomic E-state index is 14.6. The molecule has 27 heavy (non-hydrogen) atoms. The molecule has 0 amide bonds. The van der Waals surface area contributed by atoms with Crippen molar-refractivity contribution in [2.45, 2.75) is 0 Å². The molecule has 2 heterocycles. The quantitative estimate of drug-likeness (QED) is 0.430. The molecule has 8 nitrogen and oxygen atoms in total. The van der Waals surface area contributed by atoms with E-state index in [-0.39, 0.29) is 27.8 Å². The number of nitrogens with zero attached hydrogens (tertiary/aromatic N) is 4. The van der Waals surface area contributed by atoms with Crippen LogP contribution in [0.3, 0.4) is 0 Å². The summed E-state index contributed by atoms with van der Waals surface area (Å²) < 4.78 is 23.0. The molecule has 0 aliphatic carbocycles. The molecule has 0 fully saturated rings. The minimum atomic E-state index is -1.66. The number of rotatable bonds is 4. The van der Waals surface area contributed by atoms with E-state index in [0.717, 1.165) is 20.6 Å². The third-order valence-corrected chi connectivity index (χ3v) is 4.67. The molecule has 1 atom stereocenters. The van der Waals surface area contributed by atoms with Gasteiger partial charge in [-0.05, 0) is 21.3 Å². The Morgan fingerprint density at radius 3 is 2.48 bits per heavy atom. The highest BCUT2D eigenvalue weighted by atomic mass is 35.5. The number of carbonyl (C=O) groups excluding carboxylic acids is 2. The highest BCUT2D eigenvalue weighted by Crippen LogP contribution is 2.42. The first-order valence-corrected chi connectivity index (χ1v) is 8.16. The summed E-state index contributed by atoms with van der Waals surface area (Å²) in [6.45, 7) is 0. The van der Waals surface area contributed by atoms with Crippen LogP contribution in [-0.4, -0.2) is 48.8 Å². The van der Waals surface area contributed by atoms with Gasteiger partial charge in [-0.15, -0.1) is 0 Å². The number of guanidine groups is 1. The van der Waals surface area contributed by atoms with Crippen molar-refractivity contribution in [1.82, 2.24) is 0 Å². The number of hydrogen-bond donors (Lipinski definition) is 0. The molecule has 2 aliphatic heterocycles. The Bertz CT molecular complexity index is 923. The van der Waals surface area contributed by atoms with E-state index in [2.05, 4.69) is 15.1 Å². The van der Waals surface area contributed by atoms with Gasteiger partial charge in [-0.2, -0.15) is 9.98 Å². The summed E-state index contributed by atoms with van der Waals surface area (Å²) >= 11 is 12.7. The van der Waals surface area contributed by atoms with Crippen LogP contribution >= 0.6 is 23.4 Å². The summed E-state index contributed by atoms with van der Waals surface area (Å²) in [5, 5.41) is 4.00. The SMILES string of the molecule is COC(=O)C(C(=O)OC)C1=C(c2c(F)cccc2Cl)C=NC2=NC=N[N+]21Cl. The largest absolute Gasteiger partial charge is 0.468 e. The molecular formula is C16H12Cl2FN4O4+. The van der Waals surface area contributed by atoms with Crippen LogP contribution in [0.5, 0.6) is 0 Å². The Hall–Kier alpha value is -2.62. The summed E-state index contributed by atoms with van der Waals surface area (Å²) in [7, 11) is 2.18. The zero-order valence-corrected chi connectivity index (χ0v) is 15.5. The standard InChI is InChI=1S/C16H12Cl2FN4O4/c1-26-14(24)12(15(25)27-2)13-8(11-9(17)4-3-5-10(11)19)6-20-16-21-7-22-23(13,16)18/h3-7,12H,1-2H3/q+1. The molecule has 0 bridgehead atoms. The predicted octanol–water partition coefficient (Wildman–Crippen LogP) is 2.52. The van der Waals surface area contributed by atoms with Gasteiger partial charge in [0.05, 0.1) is 24.8 Å². The average molecular weight is 414 g/mol. The normalized spacial score (nSPS) is 20.6. The Labute approximate surface area is 162 Å². The number of ether oxygens (including phenoxy) is 2. The number of quaternary nitrogens is 1. The molecule has 0 aromatic heterocycles. The molecular weight excluding hydrogens is 402 g/mol. The Balaban J connectivity index is 2.38. The lowest BCUT2D eigenvalue weighted by molar-refractivity contribution is -0.682. The fourth-order valence-corrected chi connectivity index (χ4v) is 3.31. The van der Waals surface area contributed by atoms with Crippen LogP contribution < -0.4 is 0 Å². The van der Waals surface area contributed by atoms with Gasteiger partial charge < -0.3 is 9.47 Å². The van der Waals surface area contributed by atoms with Crippen molar-refractivity contribution in [3.8, 4) is 0 Å². The van der Waals surface area contributed by atoms with Crippen LogP contribution in [0.1, 0.15) is 5.56 Å². The molecule has 0 saturated carbocycles. The van der Waals surface area contributed by atoms with E-state index in [0.29, 0.717) is 0 Å². The van der Waals surface area contributed by atoms with E-state index >= 15 is 0 Å². The zero-order valence-electron chi connectivity index (χ0n) is 14.0.